The number of imidazole rings is 1. The van der Waals surface area contributed by atoms with Gasteiger partial charge in [-0.2, -0.15) is 0 Å². The molecule has 1 fully saturated rings. The van der Waals surface area contributed by atoms with Gasteiger partial charge in [0, 0.05) is 19.0 Å². The molecule has 0 spiro atoms. The molecule has 0 aliphatic heterocycles. The van der Waals surface area contributed by atoms with Gasteiger partial charge in [-0.05, 0) is 30.5 Å². The fourth-order valence-corrected chi connectivity index (χ4v) is 2.33. The van der Waals surface area contributed by atoms with E-state index in [4.69, 9.17) is 5.73 Å². The molecule has 3 N–H and O–H groups in total. The maximum Gasteiger partial charge on any atom is 0.326 e. The van der Waals surface area contributed by atoms with Crippen LogP contribution < -0.4 is 11.4 Å². The van der Waals surface area contributed by atoms with Gasteiger partial charge in [-0.15, -0.1) is 0 Å². The quantitative estimate of drug-likeness (QED) is 0.783. The molecule has 84 valence electrons. The SMILES string of the molecule is Cn1c(=O)[nH]c2cc(C3(CN)CC3)ccc21. The van der Waals surface area contributed by atoms with Crippen LogP contribution in [-0.2, 0) is 12.5 Å². The highest BCUT2D eigenvalue weighted by Gasteiger charge is 2.42. The zero-order valence-electron chi connectivity index (χ0n) is 9.29. The van der Waals surface area contributed by atoms with Crippen molar-refractivity contribution in [2.24, 2.45) is 12.8 Å². The number of aryl methyl sites for hydroxylation is 1. The lowest BCUT2D eigenvalue weighted by atomic mass is 9.96. The van der Waals surface area contributed by atoms with E-state index in [1.165, 1.54) is 5.56 Å². The van der Waals surface area contributed by atoms with E-state index in [0.717, 1.165) is 23.9 Å². The Labute approximate surface area is 93.1 Å². The molecule has 1 aromatic heterocycles. The highest BCUT2D eigenvalue weighted by atomic mass is 16.1. The Morgan fingerprint density at radius 1 is 1.50 bits per heavy atom. The minimum absolute atomic E-state index is 0.0651. The molecule has 4 heteroatoms. The van der Waals surface area contributed by atoms with Crippen LogP contribution in [0.4, 0.5) is 0 Å². The van der Waals surface area contributed by atoms with Gasteiger partial charge in [-0.25, -0.2) is 4.79 Å². The maximum atomic E-state index is 11.5. The molecule has 4 nitrogen and oxygen atoms in total. The highest BCUT2D eigenvalue weighted by molar-refractivity contribution is 5.76. The number of nitrogens with one attached hydrogen (secondary N) is 1. The number of hydrogen-bond acceptors (Lipinski definition) is 2. The first-order chi connectivity index (χ1) is 7.66. The van der Waals surface area contributed by atoms with Crippen molar-refractivity contribution in [3.05, 3.63) is 34.2 Å². The summed E-state index contributed by atoms with van der Waals surface area (Å²) in [5.41, 5.74) is 9.03. The third kappa shape index (κ3) is 1.16. The van der Waals surface area contributed by atoms with Crippen molar-refractivity contribution in [2.75, 3.05) is 6.54 Å². The molecule has 2 aromatic rings. The third-order valence-electron chi connectivity index (χ3n) is 3.76. The summed E-state index contributed by atoms with van der Waals surface area (Å²) in [4.78, 5) is 14.3. The molecule has 3 rings (SSSR count). The third-order valence-corrected chi connectivity index (χ3v) is 3.76. The van der Waals surface area contributed by atoms with Crippen molar-refractivity contribution >= 4 is 11.0 Å². The fraction of sp³-hybridized carbons (Fsp3) is 0.417. The number of nitrogens with zero attached hydrogens (tertiary/aromatic N) is 1. The Kier molecular flexibility index (Phi) is 1.80. The number of rotatable bonds is 2. The monoisotopic (exact) mass is 217 g/mol. The topological polar surface area (TPSA) is 63.8 Å². The first-order valence-electron chi connectivity index (χ1n) is 5.56. The molecule has 0 radical (unpaired) electrons. The van der Waals surface area contributed by atoms with Crippen molar-refractivity contribution in [3.8, 4) is 0 Å². The summed E-state index contributed by atoms with van der Waals surface area (Å²) in [6, 6.07) is 6.16. The summed E-state index contributed by atoms with van der Waals surface area (Å²) in [6.45, 7) is 0.690. The smallest absolute Gasteiger partial charge is 0.326 e. The number of hydrogen-bond donors (Lipinski definition) is 2. The van der Waals surface area contributed by atoms with E-state index in [9.17, 15) is 4.79 Å². The van der Waals surface area contributed by atoms with Crippen molar-refractivity contribution in [2.45, 2.75) is 18.3 Å². The Balaban J connectivity index is 2.20. The molecule has 0 saturated heterocycles. The van der Waals surface area contributed by atoms with E-state index in [1.807, 2.05) is 6.07 Å². The lowest BCUT2D eigenvalue weighted by Crippen LogP contribution is -2.19. The predicted molar refractivity (Wildman–Crippen MR) is 63.5 cm³/mol. The van der Waals surface area contributed by atoms with Gasteiger partial charge in [0.15, 0.2) is 0 Å². The Bertz CT molecular complexity index is 604. The molecule has 1 aliphatic carbocycles. The maximum absolute atomic E-state index is 11.5. The van der Waals surface area contributed by atoms with E-state index in [0.29, 0.717) is 6.54 Å². The van der Waals surface area contributed by atoms with E-state index in [-0.39, 0.29) is 11.1 Å². The van der Waals surface area contributed by atoms with Crippen LogP contribution in [-0.4, -0.2) is 16.1 Å². The van der Waals surface area contributed by atoms with Crippen LogP contribution in [0.15, 0.2) is 23.0 Å². The predicted octanol–water partition coefficient (Wildman–Crippen LogP) is 0.857. The molecule has 16 heavy (non-hydrogen) atoms. The van der Waals surface area contributed by atoms with E-state index in [2.05, 4.69) is 17.1 Å². The first kappa shape index (κ1) is 9.66. The largest absolute Gasteiger partial charge is 0.330 e. The van der Waals surface area contributed by atoms with Gasteiger partial charge >= 0.3 is 5.69 Å². The zero-order valence-corrected chi connectivity index (χ0v) is 9.29. The highest BCUT2D eigenvalue weighted by Crippen LogP contribution is 2.47. The van der Waals surface area contributed by atoms with Crippen molar-refractivity contribution in [1.29, 1.82) is 0 Å². The average Bonchev–Trinajstić information content (AvgIpc) is 3.04. The van der Waals surface area contributed by atoms with Gasteiger partial charge in [0.25, 0.3) is 0 Å². The first-order valence-corrected chi connectivity index (χ1v) is 5.56. The number of H-pyrrole nitrogens is 1. The molecular formula is C12H15N3O. The van der Waals surface area contributed by atoms with Crippen LogP contribution in [0, 0.1) is 0 Å². The minimum atomic E-state index is -0.0651. The van der Waals surface area contributed by atoms with Crippen LogP contribution in [0.2, 0.25) is 0 Å². The van der Waals surface area contributed by atoms with Gasteiger partial charge < -0.3 is 10.7 Å². The number of benzene rings is 1. The van der Waals surface area contributed by atoms with Gasteiger partial charge in [0.05, 0.1) is 11.0 Å². The minimum Gasteiger partial charge on any atom is -0.330 e. The number of aromatic nitrogens is 2. The number of fused-ring (bicyclic) bond motifs is 1. The summed E-state index contributed by atoms with van der Waals surface area (Å²) in [5, 5.41) is 0. The van der Waals surface area contributed by atoms with Gasteiger partial charge in [0.2, 0.25) is 0 Å². The van der Waals surface area contributed by atoms with E-state index in [1.54, 1.807) is 11.6 Å². The summed E-state index contributed by atoms with van der Waals surface area (Å²) in [7, 11) is 1.77. The van der Waals surface area contributed by atoms with E-state index >= 15 is 0 Å². The van der Waals surface area contributed by atoms with Crippen molar-refractivity contribution in [3.63, 3.8) is 0 Å². The second-order valence-corrected chi connectivity index (χ2v) is 4.71. The number of aromatic amines is 1. The summed E-state index contributed by atoms with van der Waals surface area (Å²) < 4.78 is 1.63. The average molecular weight is 217 g/mol. The Hall–Kier alpha value is -1.55. The second-order valence-electron chi connectivity index (χ2n) is 4.71. The molecule has 0 atom stereocenters. The standard InChI is InChI=1S/C12H15N3O/c1-15-10-3-2-8(12(7-13)4-5-12)6-9(10)14-11(15)16/h2-3,6H,4-5,7,13H2,1H3,(H,14,16). The fourth-order valence-electron chi connectivity index (χ4n) is 2.33. The molecule has 0 unspecified atom stereocenters. The second kappa shape index (κ2) is 2.98. The molecular weight excluding hydrogens is 202 g/mol. The van der Waals surface area contributed by atoms with Crippen LogP contribution in [0.3, 0.4) is 0 Å². The number of nitrogens with two attached hydrogens (primary N) is 1. The molecule has 0 amide bonds. The van der Waals surface area contributed by atoms with Crippen LogP contribution in [0.1, 0.15) is 18.4 Å². The van der Waals surface area contributed by atoms with Gasteiger partial charge in [-0.3, -0.25) is 4.57 Å². The molecule has 1 saturated carbocycles. The van der Waals surface area contributed by atoms with Crippen LogP contribution in [0.5, 0.6) is 0 Å². The van der Waals surface area contributed by atoms with Crippen LogP contribution in [0.25, 0.3) is 11.0 Å². The van der Waals surface area contributed by atoms with Crippen molar-refractivity contribution < 1.29 is 0 Å². The molecule has 1 heterocycles. The zero-order chi connectivity index (χ0) is 11.3. The van der Waals surface area contributed by atoms with Gasteiger partial charge in [0.1, 0.15) is 0 Å². The Morgan fingerprint density at radius 2 is 2.25 bits per heavy atom. The van der Waals surface area contributed by atoms with Gasteiger partial charge in [-0.1, -0.05) is 6.07 Å². The summed E-state index contributed by atoms with van der Waals surface area (Å²) in [6.07, 6.45) is 2.32. The lowest BCUT2D eigenvalue weighted by molar-refractivity contribution is 0.705. The van der Waals surface area contributed by atoms with Crippen molar-refractivity contribution in [1.82, 2.24) is 9.55 Å². The molecule has 1 aromatic carbocycles. The van der Waals surface area contributed by atoms with E-state index < -0.39 is 0 Å². The normalized spacial score (nSPS) is 17.9. The van der Waals surface area contributed by atoms with Crippen LogP contribution >= 0.6 is 0 Å². The Morgan fingerprint density at radius 3 is 2.88 bits per heavy atom. The molecule has 0 bridgehead atoms. The lowest BCUT2D eigenvalue weighted by Gasteiger charge is -2.12. The molecule has 1 aliphatic rings. The summed E-state index contributed by atoms with van der Waals surface area (Å²) >= 11 is 0. The summed E-state index contributed by atoms with van der Waals surface area (Å²) in [5.74, 6) is 0.